The minimum Gasteiger partial charge on any atom is -0.379 e. The predicted octanol–water partition coefficient (Wildman–Crippen LogP) is 0.463. The standard InChI is InChI=1S/C11H15ClFN3O3S/c12-11-8(7-14)5-9(6-10(11)13)20(17,18)15-16-1-3-19-4-2-16/h5-6,15H,1-4,7,14H2. The van der Waals surface area contributed by atoms with Crippen molar-refractivity contribution in [3.8, 4) is 0 Å². The van der Waals surface area contributed by atoms with E-state index in [2.05, 4.69) is 4.83 Å². The number of sulfonamides is 1. The lowest BCUT2D eigenvalue weighted by Gasteiger charge is -2.26. The number of hydrazine groups is 1. The number of halogens is 2. The summed E-state index contributed by atoms with van der Waals surface area (Å²) in [5.41, 5.74) is 5.67. The number of morpholine rings is 1. The van der Waals surface area contributed by atoms with E-state index in [-0.39, 0.29) is 22.0 Å². The van der Waals surface area contributed by atoms with Crippen molar-refractivity contribution in [1.29, 1.82) is 0 Å². The first-order valence-electron chi connectivity index (χ1n) is 5.97. The molecule has 1 aliphatic heterocycles. The van der Waals surface area contributed by atoms with E-state index >= 15 is 0 Å². The van der Waals surface area contributed by atoms with E-state index in [1.807, 2.05) is 0 Å². The smallest absolute Gasteiger partial charge is 0.253 e. The molecule has 3 N–H and O–H groups in total. The van der Waals surface area contributed by atoms with Gasteiger partial charge in [0.2, 0.25) is 0 Å². The minimum absolute atomic E-state index is 0.0450. The van der Waals surface area contributed by atoms with Crippen LogP contribution in [0.3, 0.4) is 0 Å². The molecule has 1 heterocycles. The third-order valence-corrected chi connectivity index (χ3v) is 4.65. The van der Waals surface area contributed by atoms with Crippen LogP contribution in [0.4, 0.5) is 4.39 Å². The summed E-state index contributed by atoms with van der Waals surface area (Å²) in [6.07, 6.45) is 0. The Hall–Kier alpha value is -0.770. The highest BCUT2D eigenvalue weighted by atomic mass is 35.5. The van der Waals surface area contributed by atoms with Crippen LogP contribution in [0.5, 0.6) is 0 Å². The maximum absolute atomic E-state index is 13.6. The molecule has 0 atom stereocenters. The Balaban J connectivity index is 2.26. The maximum atomic E-state index is 13.6. The number of nitrogens with zero attached hydrogens (tertiary/aromatic N) is 1. The number of rotatable bonds is 4. The molecule has 1 aromatic carbocycles. The lowest BCUT2D eigenvalue weighted by molar-refractivity contribution is 0.0272. The summed E-state index contributed by atoms with van der Waals surface area (Å²) in [7, 11) is -3.87. The quantitative estimate of drug-likeness (QED) is 0.841. The van der Waals surface area contributed by atoms with Crippen LogP contribution in [0, 0.1) is 5.82 Å². The molecular formula is C11H15ClFN3O3S. The van der Waals surface area contributed by atoms with Crippen molar-refractivity contribution in [2.24, 2.45) is 5.73 Å². The van der Waals surface area contributed by atoms with Gasteiger partial charge in [0, 0.05) is 19.6 Å². The van der Waals surface area contributed by atoms with E-state index in [1.54, 1.807) is 0 Å². The van der Waals surface area contributed by atoms with E-state index in [0.717, 1.165) is 6.07 Å². The minimum atomic E-state index is -3.87. The molecule has 1 aromatic rings. The molecule has 0 radical (unpaired) electrons. The second kappa shape index (κ2) is 6.33. The van der Waals surface area contributed by atoms with Crippen LogP contribution in [0.2, 0.25) is 5.02 Å². The van der Waals surface area contributed by atoms with Crippen LogP contribution in [0.1, 0.15) is 5.56 Å². The molecule has 6 nitrogen and oxygen atoms in total. The van der Waals surface area contributed by atoms with Gasteiger partial charge in [0.15, 0.2) is 0 Å². The van der Waals surface area contributed by atoms with Crippen molar-refractivity contribution >= 4 is 21.6 Å². The van der Waals surface area contributed by atoms with Crippen molar-refractivity contribution < 1.29 is 17.5 Å². The molecule has 112 valence electrons. The number of nitrogens with two attached hydrogens (primary N) is 1. The molecule has 9 heteroatoms. The van der Waals surface area contributed by atoms with Crippen molar-refractivity contribution in [3.63, 3.8) is 0 Å². The van der Waals surface area contributed by atoms with Gasteiger partial charge in [-0.2, -0.15) is 0 Å². The second-order valence-corrected chi connectivity index (χ2v) is 6.32. The molecular weight excluding hydrogens is 309 g/mol. The van der Waals surface area contributed by atoms with Gasteiger partial charge in [0.25, 0.3) is 10.0 Å². The lowest BCUT2D eigenvalue weighted by Crippen LogP contribution is -2.48. The zero-order valence-corrected chi connectivity index (χ0v) is 12.2. The molecule has 1 fully saturated rings. The first-order valence-corrected chi connectivity index (χ1v) is 7.83. The number of hydrogen-bond donors (Lipinski definition) is 2. The molecule has 0 unspecified atom stereocenters. The van der Waals surface area contributed by atoms with Gasteiger partial charge in [-0.15, -0.1) is 4.83 Å². The van der Waals surface area contributed by atoms with Crippen molar-refractivity contribution in [2.45, 2.75) is 11.4 Å². The molecule has 0 amide bonds. The summed E-state index contributed by atoms with van der Waals surface area (Å²) in [4.78, 5) is 2.18. The Morgan fingerprint density at radius 2 is 2.05 bits per heavy atom. The van der Waals surface area contributed by atoms with Gasteiger partial charge in [0.05, 0.1) is 23.1 Å². The summed E-state index contributed by atoms with van der Waals surface area (Å²) in [5, 5.41) is 1.35. The SMILES string of the molecule is NCc1cc(S(=O)(=O)NN2CCOCC2)cc(F)c1Cl. The van der Waals surface area contributed by atoms with Crippen LogP contribution in [-0.4, -0.2) is 39.7 Å². The average molecular weight is 324 g/mol. The number of hydrogen-bond acceptors (Lipinski definition) is 5. The lowest BCUT2D eigenvalue weighted by atomic mass is 10.2. The second-order valence-electron chi connectivity index (χ2n) is 4.28. The number of nitrogens with one attached hydrogen (secondary N) is 1. The largest absolute Gasteiger partial charge is 0.379 e. The van der Waals surface area contributed by atoms with E-state index in [4.69, 9.17) is 22.1 Å². The monoisotopic (exact) mass is 323 g/mol. The highest BCUT2D eigenvalue weighted by Crippen LogP contribution is 2.24. The molecule has 0 aromatic heterocycles. The molecule has 0 aliphatic carbocycles. The van der Waals surface area contributed by atoms with E-state index in [0.29, 0.717) is 26.3 Å². The summed E-state index contributed by atoms with van der Waals surface area (Å²) in [5.74, 6) is -0.808. The topological polar surface area (TPSA) is 84.7 Å². The normalized spacial score (nSPS) is 17.4. The fourth-order valence-electron chi connectivity index (χ4n) is 1.80. The molecule has 1 aliphatic rings. The third-order valence-electron chi connectivity index (χ3n) is 2.87. The van der Waals surface area contributed by atoms with Gasteiger partial charge in [-0.25, -0.2) is 17.8 Å². The Morgan fingerprint density at radius 1 is 1.40 bits per heavy atom. The summed E-state index contributed by atoms with van der Waals surface area (Å²) >= 11 is 5.71. The number of benzene rings is 1. The predicted molar refractivity (Wildman–Crippen MR) is 72.0 cm³/mol. The van der Waals surface area contributed by atoms with Crippen LogP contribution < -0.4 is 10.6 Å². The molecule has 0 spiro atoms. The fraction of sp³-hybridized carbons (Fsp3) is 0.455. The first kappa shape index (κ1) is 15.6. The van der Waals surface area contributed by atoms with Crippen LogP contribution >= 0.6 is 11.6 Å². The van der Waals surface area contributed by atoms with Gasteiger partial charge in [-0.05, 0) is 17.7 Å². The Morgan fingerprint density at radius 3 is 2.65 bits per heavy atom. The zero-order chi connectivity index (χ0) is 14.8. The highest BCUT2D eigenvalue weighted by Gasteiger charge is 2.22. The Kier molecular flexibility index (Phi) is 4.95. The molecule has 0 bridgehead atoms. The third kappa shape index (κ3) is 3.46. The summed E-state index contributed by atoms with van der Waals surface area (Å²) < 4.78 is 43.1. The zero-order valence-electron chi connectivity index (χ0n) is 10.6. The van der Waals surface area contributed by atoms with Gasteiger partial charge in [0.1, 0.15) is 5.82 Å². The van der Waals surface area contributed by atoms with Crippen molar-refractivity contribution in [2.75, 3.05) is 26.3 Å². The van der Waals surface area contributed by atoms with Gasteiger partial charge >= 0.3 is 0 Å². The highest BCUT2D eigenvalue weighted by molar-refractivity contribution is 7.89. The van der Waals surface area contributed by atoms with Crippen molar-refractivity contribution in [1.82, 2.24) is 9.84 Å². The van der Waals surface area contributed by atoms with Crippen LogP contribution in [0.25, 0.3) is 0 Å². The fourth-order valence-corrected chi connectivity index (χ4v) is 3.17. The summed E-state index contributed by atoms with van der Waals surface area (Å²) in [6.45, 7) is 1.69. The van der Waals surface area contributed by atoms with Crippen LogP contribution in [-0.2, 0) is 21.3 Å². The summed E-state index contributed by atoms with van der Waals surface area (Å²) in [6, 6.07) is 2.15. The van der Waals surface area contributed by atoms with E-state index < -0.39 is 15.8 Å². The first-order chi connectivity index (χ1) is 9.44. The van der Waals surface area contributed by atoms with E-state index in [1.165, 1.54) is 11.1 Å². The maximum Gasteiger partial charge on any atom is 0.253 e. The van der Waals surface area contributed by atoms with Crippen molar-refractivity contribution in [3.05, 3.63) is 28.5 Å². The molecule has 0 saturated carbocycles. The molecule has 20 heavy (non-hydrogen) atoms. The van der Waals surface area contributed by atoms with Crippen LogP contribution in [0.15, 0.2) is 17.0 Å². The van der Waals surface area contributed by atoms with E-state index in [9.17, 15) is 12.8 Å². The number of ether oxygens (including phenoxy) is 1. The van der Waals surface area contributed by atoms with Gasteiger partial charge in [-0.3, -0.25) is 0 Å². The van der Waals surface area contributed by atoms with Gasteiger partial charge < -0.3 is 10.5 Å². The Labute approximate surface area is 121 Å². The molecule has 1 saturated heterocycles. The van der Waals surface area contributed by atoms with Gasteiger partial charge in [-0.1, -0.05) is 11.6 Å². The average Bonchev–Trinajstić information content (AvgIpc) is 2.42. The molecule has 2 rings (SSSR count). The Bertz CT molecular complexity index is 591.